The van der Waals surface area contributed by atoms with Crippen molar-refractivity contribution in [1.82, 2.24) is 0 Å². The van der Waals surface area contributed by atoms with Gasteiger partial charge in [-0.25, -0.2) is 0 Å². The van der Waals surface area contributed by atoms with Crippen molar-refractivity contribution in [2.24, 2.45) is 0 Å². The molecule has 3 atom stereocenters. The average Bonchev–Trinajstić information content (AvgIpc) is 2.80. The minimum atomic E-state index is -1.27. The van der Waals surface area contributed by atoms with E-state index in [-0.39, 0.29) is 23.2 Å². The van der Waals surface area contributed by atoms with Crippen LogP contribution in [0.2, 0.25) is 0 Å². The van der Waals surface area contributed by atoms with Gasteiger partial charge in [0.25, 0.3) is 0 Å². The van der Waals surface area contributed by atoms with Crippen LogP contribution in [0.5, 0.6) is 11.5 Å². The van der Waals surface area contributed by atoms with Gasteiger partial charge in [0.1, 0.15) is 17.6 Å². The maximum atomic E-state index is 12.1. The molecule has 5 nitrogen and oxygen atoms in total. The van der Waals surface area contributed by atoms with Crippen molar-refractivity contribution in [3.05, 3.63) is 23.3 Å². The van der Waals surface area contributed by atoms with Gasteiger partial charge in [0.05, 0.1) is 12.2 Å². The molecule has 0 unspecified atom stereocenters. The highest BCUT2D eigenvalue weighted by Crippen LogP contribution is 2.29. The van der Waals surface area contributed by atoms with Crippen molar-refractivity contribution in [1.29, 1.82) is 0 Å². The number of benzene rings is 1. The topological polar surface area (TPSA) is 87.0 Å². The maximum absolute atomic E-state index is 12.1. The predicted octanol–water partition coefficient (Wildman–Crippen LogP) is 1.52. The lowest BCUT2D eigenvalue weighted by Gasteiger charge is -2.17. The molecule has 2 rings (SSSR count). The van der Waals surface area contributed by atoms with Crippen LogP contribution in [0.25, 0.3) is 0 Å². The molecule has 19 heavy (non-hydrogen) atoms. The number of hydrogen-bond acceptors (Lipinski definition) is 5. The molecule has 0 aromatic heterocycles. The minimum Gasteiger partial charge on any atom is -0.508 e. The number of phenolic OH excluding ortho intramolecular Hbond substituents is 2. The Balaban J connectivity index is 2.19. The summed E-state index contributed by atoms with van der Waals surface area (Å²) in [6.45, 7) is 3.43. The van der Waals surface area contributed by atoms with E-state index in [4.69, 9.17) is 4.74 Å². The third-order valence-corrected chi connectivity index (χ3v) is 3.52. The van der Waals surface area contributed by atoms with Crippen LogP contribution in [-0.2, 0) is 4.74 Å². The highest BCUT2D eigenvalue weighted by Gasteiger charge is 2.33. The van der Waals surface area contributed by atoms with Gasteiger partial charge in [-0.05, 0) is 38.8 Å². The summed E-state index contributed by atoms with van der Waals surface area (Å²) in [5.74, 6) is -0.891. The monoisotopic (exact) mass is 266 g/mol. The molecule has 1 aromatic carbocycles. The number of ether oxygens (including phenoxy) is 1. The van der Waals surface area contributed by atoms with Gasteiger partial charge in [0.15, 0.2) is 5.78 Å². The number of Topliss-reactive ketones (excluding diaryl/α,β-unsaturated/α-hetero) is 1. The number of hydrogen-bond donors (Lipinski definition) is 3. The Kier molecular flexibility index (Phi) is 3.78. The fraction of sp³-hybridized carbons (Fsp3) is 0.500. The second kappa shape index (κ2) is 5.19. The first-order valence-corrected chi connectivity index (χ1v) is 6.30. The largest absolute Gasteiger partial charge is 0.508 e. The number of aliphatic hydroxyl groups excluding tert-OH is 1. The predicted molar refractivity (Wildman–Crippen MR) is 68.4 cm³/mol. The molecule has 3 N–H and O–H groups in total. The molecule has 1 heterocycles. The standard InChI is InChI=1S/C14H18O5/c1-7-3-4-12(19-7)14(18)13(17)9-5-10(15)8(2)11(16)6-9/h5-7,12,14-16,18H,3-4H2,1-2H3/t7-,12+,14-/m0/s1. The third-order valence-electron chi connectivity index (χ3n) is 3.52. The van der Waals surface area contributed by atoms with E-state index in [1.54, 1.807) is 0 Å². The van der Waals surface area contributed by atoms with E-state index in [9.17, 15) is 20.1 Å². The van der Waals surface area contributed by atoms with Crippen LogP contribution >= 0.6 is 0 Å². The zero-order valence-electron chi connectivity index (χ0n) is 11.0. The van der Waals surface area contributed by atoms with Crippen molar-refractivity contribution in [2.45, 2.75) is 45.0 Å². The van der Waals surface area contributed by atoms with E-state index in [1.807, 2.05) is 6.92 Å². The van der Waals surface area contributed by atoms with E-state index in [2.05, 4.69) is 0 Å². The average molecular weight is 266 g/mol. The molecule has 1 aliphatic rings. The molecule has 1 aliphatic heterocycles. The Morgan fingerprint density at radius 3 is 2.37 bits per heavy atom. The number of carbonyl (C=O) groups excluding carboxylic acids is 1. The fourth-order valence-electron chi connectivity index (χ4n) is 2.23. The quantitative estimate of drug-likeness (QED) is 0.722. The summed E-state index contributed by atoms with van der Waals surface area (Å²) in [4.78, 5) is 12.1. The number of phenols is 2. The molecular weight excluding hydrogens is 248 g/mol. The zero-order chi connectivity index (χ0) is 14.2. The van der Waals surface area contributed by atoms with Crippen molar-refractivity contribution in [2.75, 3.05) is 0 Å². The number of carbonyl (C=O) groups is 1. The van der Waals surface area contributed by atoms with Gasteiger partial charge in [0.2, 0.25) is 0 Å². The Labute approximate surface area is 111 Å². The van der Waals surface area contributed by atoms with E-state index >= 15 is 0 Å². The first kappa shape index (κ1) is 13.8. The van der Waals surface area contributed by atoms with E-state index in [0.29, 0.717) is 12.0 Å². The van der Waals surface area contributed by atoms with Gasteiger partial charge in [-0.1, -0.05) is 0 Å². The van der Waals surface area contributed by atoms with Crippen LogP contribution in [0.3, 0.4) is 0 Å². The highest BCUT2D eigenvalue weighted by molar-refractivity contribution is 6.00. The SMILES string of the molecule is Cc1c(O)cc(C(=O)[C@@H](O)[C@H]2CC[C@H](C)O2)cc1O. The lowest BCUT2D eigenvalue weighted by Crippen LogP contribution is -2.34. The first-order chi connectivity index (χ1) is 8.90. The van der Waals surface area contributed by atoms with Gasteiger partial charge in [-0.15, -0.1) is 0 Å². The summed E-state index contributed by atoms with van der Waals surface area (Å²) in [6.07, 6.45) is -0.330. The lowest BCUT2D eigenvalue weighted by molar-refractivity contribution is -0.0184. The van der Waals surface area contributed by atoms with E-state index < -0.39 is 18.0 Å². The molecule has 0 bridgehead atoms. The fourth-order valence-corrected chi connectivity index (χ4v) is 2.23. The van der Waals surface area contributed by atoms with Crippen LogP contribution in [0.1, 0.15) is 35.7 Å². The summed E-state index contributed by atoms with van der Waals surface area (Å²) < 4.78 is 5.45. The molecule has 104 valence electrons. The molecule has 1 fully saturated rings. The van der Waals surface area contributed by atoms with Crippen LogP contribution < -0.4 is 0 Å². The minimum absolute atomic E-state index is 0.0345. The summed E-state index contributed by atoms with van der Waals surface area (Å²) in [7, 11) is 0. The number of aliphatic hydroxyl groups is 1. The third kappa shape index (κ3) is 2.72. The molecular formula is C14H18O5. The smallest absolute Gasteiger partial charge is 0.194 e. The van der Waals surface area contributed by atoms with Crippen LogP contribution in [-0.4, -0.2) is 39.4 Å². The van der Waals surface area contributed by atoms with Gasteiger partial charge in [0, 0.05) is 11.1 Å². The molecule has 1 aromatic rings. The lowest BCUT2D eigenvalue weighted by atomic mass is 9.98. The molecule has 0 aliphatic carbocycles. The Hall–Kier alpha value is -1.59. The molecule has 0 amide bonds. The highest BCUT2D eigenvalue weighted by atomic mass is 16.5. The summed E-state index contributed by atoms with van der Waals surface area (Å²) in [5, 5.41) is 29.2. The normalized spacial score (nSPS) is 24.4. The summed E-state index contributed by atoms with van der Waals surface area (Å²) in [6, 6.07) is 2.50. The Morgan fingerprint density at radius 1 is 1.32 bits per heavy atom. The first-order valence-electron chi connectivity index (χ1n) is 6.30. The van der Waals surface area contributed by atoms with Gasteiger partial charge < -0.3 is 20.1 Å². The summed E-state index contributed by atoms with van der Waals surface area (Å²) in [5.41, 5.74) is 0.382. The number of aromatic hydroxyl groups is 2. The number of rotatable bonds is 3. The second-order valence-corrected chi connectivity index (χ2v) is 5.01. The molecule has 0 radical (unpaired) electrons. The van der Waals surface area contributed by atoms with Crippen molar-refractivity contribution >= 4 is 5.78 Å². The van der Waals surface area contributed by atoms with Crippen molar-refractivity contribution in [3.8, 4) is 11.5 Å². The van der Waals surface area contributed by atoms with Crippen LogP contribution in [0.4, 0.5) is 0 Å². The van der Waals surface area contributed by atoms with Crippen molar-refractivity contribution < 1.29 is 24.9 Å². The molecule has 1 saturated heterocycles. The van der Waals surface area contributed by atoms with E-state index in [1.165, 1.54) is 19.1 Å². The van der Waals surface area contributed by atoms with Gasteiger partial charge in [-0.2, -0.15) is 0 Å². The maximum Gasteiger partial charge on any atom is 0.194 e. The Morgan fingerprint density at radius 2 is 1.89 bits per heavy atom. The molecule has 0 saturated carbocycles. The summed E-state index contributed by atoms with van der Waals surface area (Å²) >= 11 is 0. The van der Waals surface area contributed by atoms with Crippen LogP contribution in [0, 0.1) is 6.92 Å². The number of ketones is 1. The second-order valence-electron chi connectivity index (χ2n) is 5.01. The van der Waals surface area contributed by atoms with Crippen molar-refractivity contribution in [3.63, 3.8) is 0 Å². The van der Waals surface area contributed by atoms with Gasteiger partial charge in [-0.3, -0.25) is 4.79 Å². The van der Waals surface area contributed by atoms with Crippen LogP contribution in [0.15, 0.2) is 12.1 Å². The molecule has 5 heteroatoms. The van der Waals surface area contributed by atoms with Gasteiger partial charge >= 0.3 is 0 Å². The Bertz CT molecular complexity index is 474. The molecule has 0 spiro atoms. The van der Waals surface area contributed by atoms with E-state index in [0.717, 1.165) is 6.42 Å². The zero-order valence-corrected chi connectivity index (χ0v) is 11.0.